The van der Waals surface area contributed by atoms with Gasteiger partial charge in [-0.2, -0.15) is 0 Å². The molecule has 4 N–H and O–H groups in total. The van der Waals surface area contributed by atoms with Crippen LogP contribution in [0, 0.1) is 5.92 Å². The Balaban J connectivity index is 2.03. The van der Waals surface area contributed by atoms with Crippen LogP contribution in [0.15, 0.2) is 47.8 Å². The number of Topliss-reactive ketones (excluding diaryl/α,β-unsaturated/α-hetero) is 1. The molecule has 2 fully saturated rings. The average Bonchev–Trinajstić information content (AvgIpc) is 3.08. The summed E-state index contributed by atoms with van der Waals surface area (Å²) in [5.74, 6) is -3.91. The van der Waals surface area contributed by atoms with Gasteiger partial charge in [0.05, 0.1) is 29.8 Å². The Morgan fingerprint density at radius 1 is 1.10 bits per heavy atom. The van der Waals surface area contributed by atoms with E-state index < -0.39 is 60.1 Å². The number of ether oxygens (including phenoxy) is 2. The van der Waals surface area contributed by atoms with Gasteiger partial charge >= 0.3 is 11.9 Å². The number of hydrogen-bond acceptors (Lipinski definition) is 8. The Labute approximate surface area is 179 Å². The van der Waals surface area contributed by atoms with Gasteiger partial charge in [-0.05, 0) is 32.3 Å². The topological polar surface area (TPSA) is 151 Å². The van der Waals surface area contributed by atoms with E-state index in [-0.39, 0.29) is 17.8 Å². The summed E-state index contributed by atoms with van der Waals surface area (Å²) in [6.45, 7) is 1.71. The zero-order valence-electron chi connectivity index (χ0n) is 17.0. The van der Waals surface area contributed by atoms with E-state index in [9.17, 15) is 29.7 Å². The number of allylic oxidation sites excluding steroid dienone is 5. The van der Waals surface area contributed by atoms with Crippen molar-refractivity contribution >= 4 is 17.7 Å². The summed E-state index contributed by atoms with van der Waals surface area (Å²) in [5.41, 5.74) is -2.40. The minimum atomic E-state index is -2.28. The molecule has 0 bridgehead atoms. The molecular formula is C22H26O9. The summed E-state index contributed by atoms with van der Waals surface area (Å²) >= 11 is 0. The van der Waals surface area contributed by atoms with E-state index in [2.05, 4.69) is 0 Å². The van der Waals surface area contributed by atoms with Gasteiger partial charge in [0.2, 0.25) is 0 Å². The van der Waals surface area contributed by atoms with Crippen LogP contribution in [0.4, 0.5) is 0 Å². The molecule has 1 saturated heterocycles. The quantitative estimate of drug-likeness (QED) is 0.282. The second-order valence-corrected chi connectivity index (χ2v) is 7.96. The maximum Gasteiger partial charge on any atom is 0.338 e. The van der Waals surface area contributed by atoms with Gasteiger partial charge in [0.15, 0.2) is 11.4 Å². The first kappa shape index (κ1) is 22.9. The van der Waals surface area contributed by atoms with Gasteiger partial charge in [-0.15, -0.1) is 0 Å². The van der Waals surface area contributed by atoms with Gasteiger partial charge in [0.1, 0.15) is 11.9 Å². The highest BCUT2D eigenvalue weighted by molar-refractivity contribution is 5.97. The van der Waals surface area contributed by atoms with Crippen molar-refractivity contribution in [2.75, 3.05) is 0 Å². The fourth-order valence-corrected chi connectivity index (χ4v) is 4.29. The first-order chi connectivity index (χ1) is 14.7. The smallest absolute Gasteiger partial charge is 0.338 e. The van der Waals surface area contributed by atoms with E-state index in [1.165, 1.54) is 30.4 Å². The zero-order chi connectivity index (χ0) is 22.8. The average molecular weight is 434 g/mol. The van der Waals surface area contributed by atoms with Crippen molar-refractivity contribution in [1.82, 2.24) is 0 Å². The molecule has 0 radical (unpaired) electrons. The van der Waals surface area contributed by atoms with Crippen molar-refractivity contribution in [2.45, 2.75) is 62.6 Å². The summed E-state index contributed by atoms with van der Waals surface area (Å²) in [4.78, 5) is 36.2. The van der Waals surface area contributed by atoms with E-state index >= 15 is 0 Å². The number of carboxylic acids is 1. The van der Waals surface area contributed by atoms with Crippen LogP contribution < -0.4 is 0 Å². The second-order valence-electron chi connectivity index (χ2n) is 7.96. The van der Waals surface area contributed by atoms with Crippen molar-refractivity contribution in [2.24, 2.45) is 5.92 Å². The number of esters is 1. The van der Waals surface area contributed by atoms with Crippen molar-refractivity contribution in [3.63, 3.8) is 0 Å². The van der Waals surface area contributed by atoms with Gasteiger partial charge in [0, 0.05) is 12.5 Å². The minimum Gasteiger partial charge on any atom is -0.486 e. The Bertz CT molecular complexity index is 868. The summed E-state index contributed by atoms with van der Waals surface area (Å²) in [7, 11) is 0. The van der Waals surface area contributed by atoms with Gasteiger partial charge in [-0.25, -0.2) is 9.59 Å². The molecular weight excluding hydrogens is 408 g/mol. The standard InChI is InChI=1S/C22H26O9/c1-12-7-6-9-15(24)22(29)16(25)11-13(23)20-19(22)18(21(28)30-12)14(31-20)8-4-2-3-5-10-17(26)27/h2-5,8,10,12-13,15,19-20,23-24,29H,6-7,9,11H2,1H3,(H,26,27)/b3-2+,8-4+,10-5-/t12-,13-,15-,19-,20-,22-/m0/s1. The van der Waals surface area contributed by atoms with Crippen LogP contribution in [0.3, 0.4) is 0 Å². The summed E-state index contributed by atoms with van der Waals surface area (Å²) in [5, 5.41) is 41.0. The number of hydrogen-bond donors (Lipinski definition) is 4. The Kier molecular flexibility index (Phi) is 6.78. The van der Waals surface area contributed by atoms with Crippen LogP contribution in [0.5, 0.6) is 0 Å². The molecule has 168 valence electrons. The van der Waals surface area contributed by atoms with Crippen LogP contribution >= 0.6 is 0 Å². The lowest BCUT2D eigenvalue weighted by Crippen LogP contribution is -2.64. The van der Waals surface area contributed by atoms with E-state index in [1.807, 2.05) is 0 Å². The van der Waals surface area contributed by atoms with E-state index in [4.69, 9.17) is 14.6 Å². The van der Waals surface area contributed by atoms with Gasteiger partial charge in [0.25, 0.3) is 0 Å². The first-order valence-corrected chi connectivity index (χ1v) is 10.1. The third-order valence-corrected chi connectivity index (χ3v) is 5.81. The molecule has 9 nitrogen and oxygen atoms in total. The lowest BCUT2D eigenvalue weighted by atomic mass is 9.65. The van der Waals surface area contributed by atoms with Crippen molar-refractivity contribution in [3.05, 3.63) is 47.8 Å². The number of aliphatic carboxylic acids is 1. The maximum absolute atomic E-state index is 13.0. The molecule has 0 amide bonds. The number of carbonyl (C=O) groups excluding carboxylic acids is 2. The lowest BCUT2D eigenvalue weighted by Gasteiger charge is -2.44. The highest BCUT2D eigenvalue weighted by Gasteiger charge is 2.64. The van der Waals surface area contributed by atoms with Gasteiger partial charge in [-0.1, -0.05) is 24.3 Å². The van der Waals surface area contributed by atoms with E-state index in [0.717, 1.165) is 6.08 Å². The van der Waals surface area contributed by atoms with Crippen molar-refractivity contribution < 1.29 is 44.3 Å². The first-order valence-electron chi connectivity index (χ1n) is 10.1. The lowest BCUT2D eigenvalue weighted by molar-refractivity contribution is -0.188. The molecule has 3 rings (SSSR count). The molecule has 31 heavy (non-hydrogen) atoms. The Morgan fingerprint density at radius 3 is 2.52 bits per heavy atom. The van der Waals surface area contributed by atoms with Crippen LogP contribution in [-0.4, -0.2) is 68.2 Å². The normalized spacial score (nSPS) is 36.7. The van der Waals surface area contributed by atoms with Gasteiger partial charge < -0.3 is 29.9 Å². The largest absolute Gasteiger partial charge is 0.486 e. The van der Waals surface area contributed by atoms with Crippen molar-refractivity contribution in [3.8, 4) is 0 Å². The summed E-state index contributed by atoms with van der Waals surface area (Å²) in [6.07, 6.45) is 4.41. The van der Waals surface area contributed by atoms with Gasteiger partial charge in [-0.3, -0.25) is 4.79 Å². The van der Waals surface area contributed by atoms with Crippen LogP contribution in [0.1, 0.15) is 32.6 Å². The molecule has 2 aliphatic heterocycles. The Morgan fingerprint density at radius 2 is 1.81 bits per heavy atom. The zero-order valence-corrected chi connectivity index (χ0v) is 17.0. The molecule has 0 aromatic carbocycles. The summed E-state index contributed by atoms with van der Waals surface area (Å²) < 4.78 is 11.2. The number of rotatable bonds is 4. The number of aliphatic hydroxyl groups is 3. The molecule has 3 aliphatic rings. The fraction of sp³-hybridized carbons (Fsp3) is 0.500. The number of carboxylic acid groups (broad SMARTS) is 1. The number of aliphatic hydroxyl groups excluding tert-OH is 2. The predicted octanol–water partition coefficient (Wildman–Crippen LogP) is 0.550. The SMILES string of the molecule is C[C@H]1CCC[C@H](O)[C@]2(O)C(=O)C[C@H](O)[C@@H]3OC(/C=C/C=C/C=C\C(=O)O)=C(C(=O)O1)[C@@H]32. The predicted molar refractivity (Wildman–Crippen MR) is 106 cm³/mol. The molecule has 0 spiro atoms. The van der Waals surface area contributed by atoms with Crippen LogP contribution in [-0.2, 0) is 23.9 Å². The number of carbonyl (C=O) groups is 3. The van der Waals surface area contributed by atoms with Crippen molar-refractivity contribution in [1.29, 1.82) is 0 Å². The number of ketones is 1. The highest BCUT2D eigenvalue weighted by Crippen LogP contribution is 2.48. The third-order valence-electron chi connectivity index (χ3n) is 5.81. The molecule has 0 aromatic rings. The Hall–Kier alpha value is -2.75. The molecule has 2 heterocycles. The molecule has 1 saturated carbocycles. The van der Waals surface area contributed by atoms with E-state index in [1.54, 1.807) is 6.92 Å². The van der Waals surface area contributed by atoms with E-state index in [0.29, 0.717) is 12.8 Å². The summed E-state index contributed by atoms with van der Waals surface area (Å²) in [6, 6.07) is 0. The number of cyclic esters (lactones) is 1. The molecule has 0 aromatic heterocycles. The van der Waals surface area contributed by atoms with Crippen LogP contribution in [0.2, 0.25) is 0 Å². The molecule has 9 heteroatoms. The maximum atomic E-state index is 13.0. The molecule has 1 aliphatic carbocycles. The molecule has 0 unspecified atom stereocenters. The third kappa shape index (κ3) is 4.48. The van der Waals surface area contributed by atoms with Crippen LogP contribution in [0.25, 0.3) is 0 Å². The fourth-order valence-electron chi connectivity index (χ4n) is 4.29. The second kappa shape index (κ2) is 9.17. The minimum absolute atomic E-state index is 0.0130. The monoisotopic (exact) mass is 434 g/mol. The molecule has 6 atom stereocenters. The highest BCUT2D eigenvalue weighted by atomic mass is 16.6.